The summed E-state index contributed by atoms with van der Waals surface area (Å²) in [6.07, 6.45) is -0.666. The highest BCUT2D eigenvalue weighted by molar-refractivity contribution is 5.94. The maximum absolute atomic E-state index is 13.9. The number of alkyl halides is 1. The van der Waals surface area contributed by atoms with E-state index in [0.29, 0.717) is 31.2 Å². The van der Waals surface area contributed by atoms with Gasteiger partial charge in [-0.25, -0.2) is 8.78 Å². The molecule has 25 heavy (non-hydrogen) atoms. The van der Waals surface area contributed by atoms with Crippen molar-refractivity contribution in [1.82, 2.24) is 19.9 Å². The maximum atomic E-state index is 13.9. The molecule has 0 saturated carbocycles. The van der Waals surface area contributed by atoms with E-state index in [0.717, 1.165) is 0 Å². The zero-order chi connectivity index (χ0) is 18.0. The van der Waals surface area contributed by atoms with Gasteiger partial charge in [-0.1, -0.05) is 17.3 Å². The van der Waals surface area contributed by atoms with Gasteiger partial charge in [0.05, 0.1) is 12.1 Å². The van der Waals surface area contributed by atoms with Gasteiger partial charge in [0.25, 0.3) is 5.91 Å². The fourth-order valence-electron chi connectivity index (χ4n) is 3.13. The van der Waals surface area contributed by atoms with E-state index in [1.165, 1.54) is 23.1 Å². The smallest absolute Gasteiger partial charge is 0.256 e. The number of carbonyl (C=O) groups is 1. The predicted molar refractivity (Wildman–Crippen MR) is 86.1 cm³/mol. The predicted octanol–water partition coefficient (Wildman–Crippen LogP) is 2.20. The van der Waals surface area contributed by atoms with Crippen molar-refractivity contribution >= 4 is 5.91 Å². The van der Waals surface area contributed by atoms with Gasteiger partial charge in [-0.05, 0) is 18.6 Å². The Kier molecular flexibility index (Phi) is 5.08. The lowest BCUT2D eigenvalue weighted by Gasteiger charge is -2.27. The molecule has 1 saturated heterocycles. The second kappa shape index (κ2) is 7.26. The molecule has 2 aromatic rings. The monoisotopic (exact) mass is 350 g/mol. The van der Waals surface area contributed by atoms with E-state index in [1.54, 1.807) is 20.0 Å². The molecule has 0 radical (unpaired) electrons. The van der Waals surface area contributed by atoms with Crippen molar-refractivity contribution in [2.24, 2.45) is 0 Å². The molecule has 1 aliphatic rings. The van der Waals surface area contributed by atoms with Crippen LogP contribution in [0.15, 0.2) is 28.8 Å². The summed E-state index contributed by atoms with van der Waals surface area (Å²) in [7, 11) is 1.59. The second-order valence-corrected chi connectivity index (χ2v) is 6.31. The fourth-order valence-corrected chi connectivity index (χ4v) is 3.13. The molecule has 1 aliphatic heterocycles. The first kappa shape index (κ1) is 17.5. The topological polar surface area (TPSA) is 62.5 Å². The van der Waals surface area contributed by atoms with Gasteiger partial charge in [-0.2, -0.15) is 4.98 Å². The maximum Gasteiger partial charge on any atom is 0.256 e. The molecular weight excluding hydrogens is 330 g/mol. The van der Waals surface area contributed by atoms with E-state index in [-0.39, 0.29) is 18.2 Å². The van der Waals surface area contributed by atoms with Crippen LogP contribution < -0.4 is 0 Å². The Morgan fingerprint density at radius 2 is 2.20 bits per heavy atom. The molecule has 1 aromatic carbocycles. The number of aromatic nitrogens is 2. The van der Waals surface area contributed by atoms with Crippen molar-refractivity contribution in [3.63, 3.8) is 0 Å². The molecule has 8 heteroatoms. The normalized spacial score (nSPS) is 20.8. The minimum atomic E-state index is -0.977. The first-order chi connectivity index (χ1) is 11.9. The summed E-state index contributed by atoms with van der Waals surface area (Å²) in [5, 5.41) is 3.83. The van der Waals surface area contributed by atoms with E-state index >= 15 is 0 Å². The van der Waals surface area contributed by atoms with Crippen LogP contribution in [0.2, 0.25) is 0 Å². The summed E-state index contributed by atoms with van der Waals surface area (Å²) in [6, 6.07) is 5.66. The number of likely N-dealkylation sites (N-methyl/N-ethyl adjacent to an activating group) is 1. The van der Waals surface area contributed by atoms with Gasteiger partial charge in [0.2, 0.25) is 5.89 Å². The second-order valence-electron chi connectivity index (χ2n) is 6.31. The largest absolute Gasteiger partial charge is 0.340 e. The quantitative estimate of drug-likeness (QED) is 0.827. The number of carbonyl (C=O) groups excluding carboxylic acids is 1. The van der Waals surface area contributed by atoms with Crippen LogP contribution in [0.4, 0.5) is 8.78 Å². The van der Waals surface area contributed by atoms with Crippen molar-refractivity contribution < 1.29 is 18.1 Å². The SMILES string of the molecule is Cc1nc(CN2C[C@@H](F)C[C@H]2CN(C)C(=O)c2ccccc2F)no1. The van der Waals surface area contributed by atoms with Gasteiger partial charge < -0.3 is 9.42 Å². The molecule has 1 aromatic heterocycles. The molecule has 3 rings (SSSR count). The molecule has 0 aliphatic carbocycles. The van der Waals surface area contributed by atoms with Gasteiger partial charge in [0, 0.05) is 33.1 Å². The lowest BCUT2D eigenvalue weighted by Crippen LogP contribution is -2.41. The Balaban J connectivity index is 1.67. The van der Waals surface area contributed by atoms with Crippen molar-refractivity contribution in [2.75, 3.05) is 20.1 Å². The van der Waals surface area contributed by atoms with Crippen molar-refractivity contribution in [3.8, 4) is 0 Å². The zero-order valence-electron chi connectivity index (χ0n) is 14.2. The molecule has 2 heterocycles. The standard InChI is InChI=1S/C17H20F2N4O2/c1-11-20-16(21-25-11)10-23-8-12(18)7-13(23)9-22(2)17(24)14-5-3-4-6-15(14)19/h3-6,12-13H,7-10H2,1-2H3/t12-,13-/m0/s1. The van der Waals surface area contributed by atoms with Crippen LogP contribution in [0.5, 0.6) is 0 Å². The number of amides is 1. The third-order valence-electron chi connectivity index (χ3n) is 4.33. The molecule has 0 bridgehead atoms. The van der Waals surface area contributed by atoms with E-state index in [2.05, 4.69) is 10.1 Å². The summed E-state index contributed by atoms with van der Waals surface area (Å²) in [5.41, 5.74) is 0.0140. The molecule has 0 N–H and O–H groups in total. The molecule has 0 unspecified atom stereocenters. The number of halogens is 2. The van der Waals surface area contributed by atoms with Crippen molar-refractivity contribution in [1.29, 1.82) is 0 Å². The number of nitrogens with zero attached hydrogens (tertiary/aromatic N) is 4. The van der Waals surface area contributed by atoms with Gasteiger partial charge in [-0.15, -0.1) is 0 Å². The average Bonchev–Trinajstić information content (AvgIpc) is 3.13. The number of likely N-dealkylation sites (tertiary alicyclic amines) is 1. The number of benzene rings is 1. The van der Waals surface area contributed by atoms with Gasteiger partial charge in [0.15, 0.2) is 5.82 Å². The highest BCUT2D eigenvalue weighted by Gasteiger charge is 2.34. The first-order valence-electron chi connectivity index (χ1n) is 8.11. The van der Waals surface area contributed by atoms with Crippen LogP contribution in [-0.4, -0.2) is 58.2 Å². The Morgan fingerprint density at radius 3 is 2.88 bits per heavy atom. The molecule has 134 valence electrons. The first-order valence-corrected chi connectivity index (χ1v) is 8.11. The Labute approximate surface area is 144 Å². The van der Waals surface area contributed by atoms with Gasteiger partial charge in [-0.3, -0.25) is 9.69 Å². The van der Waals surface area contributed by atoms with E-state index in [1.807, 2.05) is 4.90 Å². The Bertz CT molecular complexity index is 752. The van der Waals surface area contributed by atoms with E-state index in [4.69, 9.17) is 4.52 Å². The fraction of sp³-hybridized carbons (Fsp3) is 0.471. The van der Waals surface area contributed by atoms with E-state index < -0.39 is 17.9 Å². The third kappa shape index (κ3) is 4.01. The summed E-state index contributed by atoms with van der Waals surface area (Å²) in [6.45, 7) is 2.59. The molecule has 6 nitrogen and oxygen atoms in total. The van der Waals surface area contributed by atoms with Gasteiger partial charge in [0.1, 0.15) is 12.0 Å². The highest BCUT2D eigenvalue weighted by atomic mass is 19.1. The molecule has 0 spiro atoms. The zero-order valence-corrected chi connectivity index (χ0v) is 14.2. The molecule has 2 atom stereocenters. The summed E-state index contributed by atoms with van der Waals surface area (Å²) < 4.78 is 32.6. The summed E-state index contributed by atoms with van der Waals surface area (Å²) in [5.74, 6) is -0.0434. The van der Waals surface area contributed by atoms with Crippen LogP contribution >= 0.6 is 0 Å². The van der Waals surface area contributed by atoms with Crippen LogP contribution in [0.1, 0.15) is 28.5 Å². The number of hydrogen-bond donors (Lipinski definition) is 0. The van der Waals surface area contributed by atoms with Crippen LogP contribution in [0.3, 0.4) is 0 Å². The molecular formula is C17H20F2N4O2. The molecule has 1 amide bonds. The number of hydrogen-bond acceptors (Lipinski definition) is 5. The molecule has 1 fully saturated rings. The van der Waals surface area contributed by atoms with Crippen LogP contribution in [-0.2, 0) is 6.54 Å². The highest BCUT2D eigenvalue weighted by Crippen LogP contribution is 2.23. The summed E-state index contributed by atoms with van der Waals surface area (Å²) >= 11 is 0. The average molecular weight is 350 g/mol. The Morgan fingerprint density at radius 1 is 1.44 bits per heavy atom. The van der Waals surface area contributed by atoms with Crippen LogP contribution in [0, 0.1) is 12.7 Å². The lowest BCUT2D eigenvalue weighted by atomic mass is 10.1. The lowest BCUT2D eigenvalue weighted by molar-refractivity contribution is 0.0743. The number of aryl methyl sites for hydroxylation is 1. The van der Waals surface area contributed by atoms with Gasteiger partial charge >= 0.3 is 0 Å². The van der Waals surface area contributed by atoms with Crippen LogP contribution in [0.25, 0.3) is 0 Å². The minimum Gasteiger partial charge on any atom is -0.340 e. The van der Waals surface area contributed by atoms with Crippen molar-refractivity contribution in [2.45, 2.75) is 32.1 Å². The van der Waals surface area contributed by atoms with E-state index in [9.17, 15) is 13.6 Å². The minimum absolute atomic E-state index is 0.0140. The third-order valence-corrected chi connectivity index (χ3v) is 4.33. The number of rotatable bonds is 5. The van der Waals surface area contributed by atoms with Crippen molar-refractivity contribution in [3.05, 3.63) is 47.4 Å². The summed E-state index contributed by atoms with van der Waals surface area (Å²) in [4.78, 5) is 19.9. The Hall–Kier alpha value is -2.35.